The van der Waals surface area contributed by atoms with E-state index in [-0.39, 0.29) is 5.57 Å². The zero-order valence-electron chi connectivity index (χ0n) is 11.7. The van der Waals surface area contributed by atoms with Gasteiger partial charge in [0, 0.05) is 26.0 Å². The molecule has 0 saturated carbocycles. The minimum Gasteiger partial charge on any atom is -0.362 e. The summed E-state index contributed by atoms with van der Waals surface area (Å²) in [6.07, 6.45) is 4.55. The number of urea groups is 1. The van der Waals surface area contributed by atoms with Crippen molar-refractivity contribution in [3.05, 3.63) is 54.3 Å². The molecule has 1 fully saturated rings. The van der Waals surface area contributed by atoms with Crippen molar-refractivity contribution in [3.8, 4) is 0 Å². The average Bonchev–Trinajstić information content (AvgIpc) is 2.51. The van der Waals surface area contributed by atoms with Gasteiger partial charge in [-0.05, 0) is 24.3 Å². The normalized spacial score (nSPS) is 15.9. The monoisotopic (exact) mass is 285 g/mol. The Bertz CT molecular complexity index is 609. The van der Waals surface area contributed by atoms with E-state index in [9.17, 15) is 14.4 Å². The Labute approximate surface area is 122 Å². The highest BCUT2D eigenvalue weighted by atomic mass is 16.2. The lowest BCUT2D eigenvalue weighted by Gasteiger charge is -2.28. The molecule has 6 heteroatoms. The number of likely N-dealkylation sites (N-methyl/N-ethyl adjacent to an activating group) is 2. The van der Waals surface area contributed by atoms with Gasteiger partial charge in [0.25, 0.3) is 11.8 Å². The second-order valence-electron chi connectivity index (χ2n) is 4.46. The molecule has 1 N–H and O–H groups in total. The summed E-state index contributed by atoms with van der Waals surface area (Å²) in [5.74, 6) is -1.21. The van der Waals surface area contributed by atoms with E-state index in [1.165, 1.54) is 20.2 Å². The summed E-state index contributed by atoms with van der Waals surface area (Å²) < 4.78 is 0. The molecule has 1 aromatic rings. The Morgan fingerprint density at radius 2 is 1.52 bits per heavy atom. The molecule has 0 radical (unpaired) electrons. The fourth-order valence-corrected chi connectivity index (χ4v) is 1.82. The Kier molecular flexibility index (Phi) is 4.18. The van der Waals surface area contributed by atoms with Crippen LogP contribution in [0.5, 0.6) is 0 Å². The highest BCUT2D eigenvalue weighted by molar-refractivity contribution is 6.28. The first-order valence-electron chi connectivity index (χ1n) is 6.31. The molecule has 2 rings (SSSR count). The fourth-order valence-electron chi connectivity index (χ4n) is 1.82. The maximum Gasteiger partial charge on any atom is 0.333 e. The number of hydrogen-bond acceptors (Lipinski definition) is 4. The molecule has 0 aromatic heterocycles. The molecule has 108 valence electrons. The molecular formula is C15H15N3O3. The van der Waals surface area contributed by atoms with Crippen LogP contribution >= 0.6 is 0 Å². The predicted molar refractivity (Wildman–Crippen MR) is 78.2 cm³/mol. The lowest BCUT2D eigenvalue weighted by atomic mass is 10.1. The number of imide groups is 2. The van der Waals surface area contributed by atoms with Crippen LogP contribution < -0.4 is 5.32 Å². The fraction of sp³-hybridized carbons (Fsp3) is 0.133. The van der Waals surface area contributed by atoms with Crippen LogP contribution in [0.15, 0.2) is 54.3 Å². The number of carbonyl (C=O) groups is 3. The van der Waals surface area contributed by atoms with Crippen molar-refractivity contribution in [3.63, 3.8) is 0 Å². The number of amides is 4. The molecule has 1 aliphatic rings. The Morgan fingerprint density at radius 3 is 2.10 bits per heavy atom. The number of benzene rings is 1. The molecule has 1 aromatic carbocycles. The van der Waals surface area contributed by atoms with Gasteiger partial charge in [0.15, 0.2) is 0 Å². The van der Waals surface area contributed by atoms with Crippen LogP contribution in [-0.2, 0) is 9.59 Å². The van der Waals surface area contributed by atoms with Crippen molar-refractivity contribution >= 4 is 23.5 Å². The first-order valence-corrected chi connectivity index (χ1v) is 6.31. The molecule has 4 amide bonds. The molecule has 6 nitrogen and oxygen atoms in total. The summed E-state index contributed by atoms with van der Waals surface area (Å²) in [4.78, 5) is 37.2. The minimum absolute atomic E-state index is 0.0503. The zero-order chi connectivity index (χ0) is 15.4. The van der Waals surface area contributed by atoms with Gasteiger partial charge in [0.2, 0.25) is 0 Å². The van der Waals surface area contributed by atoms with Crippen LogP contribution in [0.1, 0.15) is 0 Å². The number of rotatable bonds is 3. The van der Waals surface area contributed by atoms with Gasteiger partial charge in [-0.15, -0.1) is 0 Å². The molecule has 0 bridgehead atoms. The molecular weight excluding hydrogens is 270 g/mol. The first kappa shape index (κ1) is 14.5. The summed E-state index contributed by atoms with van der Waals surface area (Å²) in [6, 6.07) is 8.81. The molecule has 1 heterocycles. The van der Waals surface area contributed by atoms with Crippen molar-refractivity contribution in [2.75, 3.05) is 19.4 Å². The highest BCUT2D eigenvalue weighted by Gasteiger charge is 2.37. The smallest absolute Gasteiger partial charge is 0.333 e. The molecule has 0 unspecified atom stereocenters. The van der Waals surface area contributed by atoms with E-state index >= 15 is 0 Å². The van der Waals surface area contributed by atoms with E-state index in [1.807, 2.05) is 30.3 Å². The number of nitrogens with one attached hydrogen (secondary N) is 1. The van der Waals surface area contributed by atoms with Gasteiger partial charge in [-0.3, -0.25) is 19.4 Å². The van der Waals surface area contributed by atoms with E-state index in [2.05, 4.69) is 5.32 Å². The second-order valence-corrected chi connectivity index (χ2v) is 4.46. The van der Waals surface area contributed by atoms with E-state index < -0.39 is 17.8 Å². The molecule has 0 atom stereocenters. The summed E-state index contributed by atoms with van der Waals surface area (Å²) in [5, 5.41) is 3.00. The maximum atomic E-state index is 11.9. The maximum absolute atomic E-state index is 11.9. The van der Waals surface area contributed by atoms with Gasteiger partial charge in [-0.1, -0.05) is 18.2 Å². The molecule has 21 heavy (non-hydrogen) atoms. The van der Waals surface area contributed by atoms with Crippen LogP contribution in [0, 0.1) is 0 Å². The number of allylic oxidation sites excluding steroid dienone is 2. The van der Waals surface area contributed by atoms with Crippen LogP contribution in [0.2, 0.25) is 0 Å². The lowest BCUT2D eigenvalue weighted by molar-refractivity contribution is -0.134. The van der Waals surface area contributed by atoms with E-state index in [1.54, 1.807) is 12.3 Å². The third-order valence-electron chi connectivity index (χ3n) is 3.03. The quantitative estimate of drug-likeness (QED) is 0.676. The third-order valence-corrected chi connectivity index (χ3v) is 3.03. The zero-order valence-corrected chi connectivity index (χ0v) is 11.7. The van der Waals surface area contributed by atoms with Crippen LogP contribution in [-0.4, -0.2) is 41.7 Å². The van der Waals surface area contributed by atoms with Gasteiger partial charge in [-0.25, -0.2) is 4.79 Å². The van der Waals surface area contributed by atoms with Gasteiger partial charge in [0.1, 0.15) is 5.57 Å². The summed E-state index contributed by atoms with van der Waals surface area (Å²) in [7, 11) is 2.68. The van der Waals surface area contributed by atoms with Crippen molar-refractivity contribution in [1.82, 2.24) is 9.80 Å². The SMILES string of the molecule is CN1C(=O)C(=C/C=C/Nc2ccccc2)C(=O)N(C)C1=O. The van der Waals surface area contributed by atoms with Crippen molar-refractivity contribution in [2.24, 2.45) is 0 Å². The van der Waals surface area contributed by atoms with Crippen molar-refractivity contribution in [1.29, 1.82) is 0 Å². The first-order chi connectivity index (χ1) is 10.0. The van der Waals surface area contributed by atoms with Gasteiger partial charge >= 0.3 is 6.03 Å². The number of barbiturate groups is 1. The van der Waals surface area contributed by atoms with E-state index in [0.717, 1.165) is 15.5 Å². The van der Waals surface area contributed by atoms with Crippen LogP contribution in [0.4, 0.5) is 10.5 Å². The Hall–Kier alpha value is -2.89. The Balaban J connectivity index is 2.11. The molecule has 0 spiro atoms. The number of hydrogen-bond donors (Lipinski definition) is 1. The Morgan fingerprint density at radius 1 is 0.952 bits per heavy atom. The standard InChI is InChI=1S/C15H15N3O3/c1-17-13(19)12(14(20)18(2)15(17)21)9-6-10-16-11-7-4-3-5-8-11/h3-10,16H,1-2H3/b10-6+. The van der Waals surface area contributed by atoms with Gasteiger partial charge in [0.05, 0.1) is 0 Å². The number of carbonyl (C=O) groups excluding carboxylic acids is 3. The van der Waals surface area contributed by atoms with Crippen LogP contribution in [0.25, 0.3) is 0 Å². The van der Waals surface area contributed by atoms with Crippen molar-refractivity contribution in [2.45, 2.75) is 0 Å². The highest BCUT2D eigenvalue weighted by Crippen LogP contribution is 2.14. The summed E-state index contributed by atoms with van der Waals surface area (Å²) >= 11 is 0. The molecule has 1 saturated heterocycles. The van der Waals surface area contributed by atoms with Gasteiger partial charge < -0.3 is 5.32 Å². The van der Waals surface area contributed by atoms with Crippen molar-refractivity contribution < 1.29 is 14.4 Å². The van der Waals surface area contributed by atoms with Crippen LogP contribution in [0.3, 0.4) is 0 Å². The number of anilines is 1. The average molecular weight is 285 g/mol. The second kappa shape index (κ2) is 6.04. The largest absolute Gasteiger partial charge is 0.362 e. The number of para-hydroxylation sites is 1. The van der Waals surface area contributed by atoms with Gasteiger partial charge in [-0.2, -0.15) is 0 Å². The predicted octanol–water partition coefficient (Wildman–Crippen LogP) is 1.59. The summed E-state index contributed by atoms with van der Waals surface area (Å²) in [5.41, 5.74) is 0.837. The minimum atomic E-state index is -0.631. The summed E-state index contributed by atoms with van der Waals surface area (Å²) in [6.45, 7) is 0. The third kappa shape index (κ3) is 3.00. The molecule has 0 aliphatic carbocycles. The number of nitrogens with zero attached hydrogens (tertiary/aromatic N) is 2. The van der Waals surface area contributed by atoms with E-state index in [4.69, 9.17) is 0 Å². The molecule has 1 aliphatic heterocycles. The topological polar surface area (TPSA) is 69.7 Å². The lowest BCUT2D eigenvalue weighted by Crippen LogP contribution is -2.52. The van der Waals surface area contributed by atoms with E-state index in [0.29, 0.717) is 0 Å².